The van der Waals surface area contributed by atoms with Gasteiger partial charge in [0.05, 0.1) is 13.0 Å². The summed E-state index contributed by atoms with van der Waals surface area (Å²) in [6.07, 6.45) is 2.47. The maximum absolute atomic E-state index is 11.9. The van der Waals surface area contributed by atoms with Crippen molar-refractivity contribution in [2.24, 2.45) is 0 Å². The highest BCUT2D eigenvalue weighted by atomic mass is 16.5. The molecule has 1 aliphatic heterocycles. The molecule has 6 nitrogen and oxygen atoms in total. The zero-order chi connectivity index (χ0) is 16.2. The molecule has 0 radical (unpaired) electrons. The Balaban J connectivity index is 1.74. The van der Waals surface area contributed by atoms with Crippen LogP contribution >= 0.6 is 0 Å². The summed E-state index contributed by atoms with van der Waals surface area (Å²) in [6.45, 7) is 3.37. The minimum Gasteiger partial charge on any atom is -0.497 e. The number of hydrogen-bond donors (Lipinski definition) is 0. The Morgan fingerprint density at radius 2 is 2.13 bits per heavy atom. The number of benzene rings is 1. The van der Waals surface area contributed by atoms with Crippen LogP contribution in [0, 0.1) is 0 Å². The molecule has 0 unspecified atom stereocenters. The lowest BCUT2D eigenvalue weighted by atomic mass is 9.98. The predicted octanol–water partition coefficient (Wildman–Crippen LogP) is 2.86. The molecule has 1 amide bonds. The number of nitrogens with zero attached hydrogens (tertiary/aromatic N) is 3. The molecule has 0 bridgehead atoms. The smallest absolute Gasteiger partial charge is 0.247 e. The first-order valence-electron chi connectivity index (χ1n) is 7.97. The first kappa shape index (κ1) is 15.5. The number of amides is 1. The highest BCUT2D eigenvalue weighted by molar-refractivity contribution is 5.76. The number of rotatable bonds is 4. The van der Waals surface area contributed by atoms with Crippen molar-refractivity contribution in [3.63, 3.8) is 0 Å². The summed E-state index contributed by atoms with van der Waals surface area (Å²) in [5, 5.41) is 8.34. The molecule has 0 spiro atoms. The molecular formula is C17H21N3O3. The van der Waals surface area contributed by atoms with Crippen molar-refractivity contribution >= 4 is 5.91 Å². The predicted molar refractivity (Wildman–Crippen MR) is 85.1 cm³/mol. The standard InChI is InChI=1S/C17H21N3O3/c1-3-15(21)20-10-4-5-13(11-20)17-19-18-16(23-17)12-6-8-14(22-2)9-7-12/h6-9,13H,3-5,10-11H2,1-2H3/t13-/m0/s1. The fourth-order valence-corrected chi connectivity index (χ4v) is 2.88. The number of carbonyl (C=O) groups excluding carboxylic acids is 1. The summed E-state index contributed by atoms with van der Waals surface area (Å²) in [6, 6.07) is 7.51. The number of carbonyl (C=O) groups is 1. The minimum atomic E-state index is 0.124. The van der Waals surface area contributed by atoms with E-state index in [4.69, 9.17) is 9.15 Å². The van der Waals surface area contributed by atoms with Gasteiger partial charge in [0.25, 0.3) is 0 Å². The first-order valence-corrected chi connectivity index (χ1v) is 7.97. The maximum Gasteiger partial charge on any atom is 0.247 e. The van der Waals surface area contributed by atoms with Gasteiger partial charge in [0.2, 0.25) is 17.7 Å². The quantitative estimate of drug-likeness (QED) is 0.868. The van der Waals surface area contributed by atoms with Crippen molar-refractivity contribution in [3.8, 4) is 17.2 Å². The molecule has 3 rings (SSSR count). The summed E-state index contributed by atoms with van der Waals surface area (Å²) >= 11 is 0. The van der Waals surface area contributed by atoms with Crippen LogP contribution in [-0.4, -0.2) is 41.2 Å². The second-order valence-electron chi connectivity index (χ2n) is 5.71. The average Bonchev–Trinajstić information content (AvgIpc) is 3.11. The summed E-state index contributed by atoms with van der Waals surface area (Å²) in [4.78, 5) is 13.8. The molecule has 1 fully saturated rings. The van der Waals surface area contributed by atoms with Gasteiger partial charge < -0.3 is 14.1 Å². The van der Waals surface area contributed by atoms with Crippen LogP contribution in [0.15, 0.2) is 28.7 Å². The van der Waals surface area contributed by atoms with E-state index in [2.05, 4.69) is 10.2 Å². The van der Waals surface area contributed by atoms with Gasteiger partial charge in [-0.15, -0.1) is 10.2 Å². The second kappa shape index (κ2) is 6.81. The lowest BCUT2D eigenvalue weighted by Gasteiger charge is -2.30. The van der Waals surface area contributed by atoms with Gasteiger partial charge in [-0.1, -0.05) is 6.92 Å². The lowest BCUT2D eigenvalue weighted by molar-refractivity contribution is -0.132. The maximum atomic E-state index is 11.9. The van der Waals surface area contributed by atoms with Crippen LogP contribution in [0.5, 0.6) is 5.75 Å². The van der Waals surface area contributed by atoms with Gasteiger partial charge in [-0.2, -0.15) is 0 Å². The largest absolute Gasteiger partial charge is 0.497 e. The monoisotopic (exact) mass is 315 g/mol. The SMILES string of the molecule is CCC(=O)N1CCC[C@H](c2nnc(-c3ccc(OC)cc3)o2)C1. The molecule has 1 aromatic carbocycles. The van der Waals surface area contributed by atoms with Crippen LogP contribution in [-0.2, 0) is 4.79 Å². The third kappa shape index (κ3) is 3.36. The van der Waals surface area contributed by atoms with Crippen LogP contribution in [0.4, 0.5) is 0 Å². The van der Waals surface area contributed by atoms with Crippen LogP contribution in [0.2, 0.25) is 0 Å². The normalized spacial score (nSPS) is 18.0. The molecule has 2 aromatic rings. The molecule has 23 heavy (non-hydrogen) atoms. The highest BCUT2D eigenvalue weighted by Crippen LogP contribution is 2.29. The van der Waals surface area contributed by atoms with E-state index < -0.39 is 0 Å². The summed E-state index contributed by atoms with van der Waals surface area (Å²) in [5.41, 5.74) is 0.863. The van der Waals surface area contributed by atoms with E-state index in [0.717, 1.165) is 30.7 Å². The fraction of sp³-hybridized carbons (Fsp3) is 0.471. The number of piperidine rings is 1. The van der Waals surface area contributed by atoms with Gasteiger partial charge in [-0.3, -0.25) is 4.79 Å². The Morgan fingerprint density at radius 3 is 2.83 bits per heavy atom. The third-order valence-corrected chi connectivity index (χ3v) is 4.20. The Hall–Kier alpha value is -2.37. The van der Waals surface area contributed by atoms with E-state index in [1.54, 1.807) is 7.11 Å². The van der Waals surface area contributed by atoms with Gasteiger partial charge in [-0.05, 0) is 37.1 Å². The highest BCUT2D eigenvalue weighted by Gasteiger charge is 2.27. The second-order valence-corrected chi connectivity index (χ2v) is 5.71. The van der Waals surface area contributed by atoms with Crippen LogP contribution in [0.3, 0.4) is 0 Å². The van der Waals surface area contributed by atoms with Crippen molar-refractivity contribution in [3.05, 3.63) is 30.2 Å². The minimum absolute atomic E-state index is 0.124. The van der Waals surface area contributed by atoms with Gasteiger partial charge in [-0.25, -0.2) is 0 Å². The van der Waals surface area contributed by atoms with Crippen LogP contribution in [0.1, 0.15) is 38.0 Å². The first-order chi connectivity index (χ1) is 11.2. The van der Waals surface area contributed by atoms with E-state index >= 15 is 0 Å². The van der Waals surface area contributed by atoms with Crippen molar-refractivity contribution in [2.45, 2.75) is 32.1 Å². The molecule has 0 saturated carbocycles. The van der Waals surface area contributed by atoms with E-state index in [1.165, 1.54) is 0 Å². The number of hydrogen-bond acceptors (Lipinski definition) is 5. The Bertz CT molecular complexity index is 666. The van der Waals surface area contributed by atoms with E-state index in [0.29, 0.717) is 24.7 Å². The van der Waals surface area contributed by atoms with Gasteiger partial charge >= 0.3 is 0 Å². The Kier molecular flexibility index (Phi) is 4.60. The fourth-order valence-electron chi connectivity index (χ4n) is 2.88. The van der Waals surface area contributed by atoms with Crippen molar-refractivity contribution < 1.29 is 13.9 Å². The topological polar surface area (TPSA) is 68.5 Å². The zero-order valence-electron chi connectivity index (χ0n) is 13.5. The van der Waals surface area contributed by atoms with Gasteiger partial charge in [0, 0.05) is 25.1 Å². The Morgan fingerprint density at radius 1 is 1.35 bits per heavy atom. The molecule has 2 heterocycles. The lowest BCUT2D eigenvalue weighted by Crippen LogP contribution is -2.38. The molecule has 0 N–H and O–H groups in total. The van der Waals surface area contributed by atoms with Crippen molar-refractivity contribution in [1.29, 1.82) is 0 Å². The van der Waals surface area contributed by atoms with E-state index in [1.807, 2.05) is 36.1 Å². The third-order valence-electron chi connectivity index (χ3n) is 4.20. The molecule has 0 aliphatic carbocycles. The van der Waals surface area contributed by atoms with Crippen molar-refractivity contribution in [1.82, 2.24) is 15.1 Å². The van der Waals surface area contributed by atoms with Crippen LogP contribution < -0.4 is 4.74 Å². The molecule has 1 saturated heterocycles. The Labute approximate surface area is 135 Å². The average molecular weight is 315 g/mol. The zero-order valence-corrected chi connectivity index (χ0v) is 13.5. The van der Waals surface area contributed by atoms with E-state index in [9.17, 15) is 4.79 Å². The molecule has 1 atom stereocenters. The molecule has 1 aromatic heterocycles. The molecule has 122 valence electrons. The molecular weight excluding hydrogens is 294 g/mol. The summed E-state index contributed by atoms with van der Waals surface area (Å²) in [5.74, 6) is 2.21. The number of ether oxygens (including phenoxy) is 1. The van der Waals surface area contributed by atoms with Gasteiger partial charge in [0.1, 0.15) is 5.75 Å². The van der Waals surface area contributed by atoms with Gasteiger partial charge in [0.15, 0.2) is 0 Å². The summed E-state index contributed by atoms with van der Waals surface area (Å²) < 4.78 is 11.0. The summed E-state index contributed by atoms with van der Waals surface area (Å²) in [7, 11) is 1.63. The number of methoxy groups -OCH3 is 1. The van der Waals surface area contributed by atoms with E-state index in [-0.39, 0.29) is 11.8 Å². The van der Waals surface area contributed by atoms with Crippen molar-refractivity contribution in [2.75, 3.05) is 20.2 Å². The molecule has 1 aliphatic rings. The number of aromatic nitrogens is 2. The van der Waals surface area contributed by atoms with Crippen LogP contribution in [0.25, 0.3) is 11.5 Å². The number of likely N-dealkylation sites (tertiary alicyclic amines) is 1. The molecule has 6 heteroatoms.